The maximum absolute atomic E-state index is 12.6. The number of rotatable bonds is 7. The van der Waals surface area contributed by atoms with Crippen LogP contribution in [0.25, 0.3) is 0 Å². The SMILES string of the molecule is COc1ccc(C)cc1NC(=O)c1cccc(S(=O)(=O)NCC2CC2)c1. The summed E-state index contributed by atoms with van der Waals surface area (Å²) in [7, 11) is -2.09. The molecule has 0 aromatic heterocycles. The summed E-state index contributed by atoms with van der Waals surface area (Å²) >= 11 is 0. The van der Waals surface area contributed by atoms with E-state index in [0.29, 0.717) is 23.9 Å². The first-order chi connectivity index (χ1) is 12.4. The molecule has 1 amide bonds. The first kappa shape index (κ1) is 18.4. The molecule has 1 saturated carbocycles. The van der Waals surface area contributed by atoms with Gasteiger partial charge in [-0.3, -0.25) is 4.79 Å². The zero-order valence-corrected chi connectivity index (χ0v) is 15.6. The third kappa shape index (κ3) is 4.42. The highest BCUT2D eigenvalue weighted by atomic mass is 32.2. The summed E-state index contributed by atoms with van der Waals surface area (Å²) in [5.41, 5.74) is 1.78. The van der Waals surface area contributed by atoms with Crippen LogP contribution in [0.5, 0.6) is 5.75 Å². The topological polar surface area (TPSA) is 84.5 Å². The van der Waals surface area contributed by atoms with Crippen LogP contribution in [0.2, 0.25) is 0 Å². The molecule has 1 aliphatic carbocycles. The van der Waals surface area contributed by atoms with E-state index in [-0.39, 0.29) is 10.5 Å². The third-order valence-electron chi connectivity index (χ3n) is 4.27. The summed E-state index contributed by atoms with van der Waals surface area (Å²) in [6.07, 6.45) is 2.12. The van der Waals surface area contributed by atoms with Gasteiger partial charge in [-0.1, -0.05) is 12.1 Å². The molecule has 3 rings (SSSR count). The van der Waals surface area contributed by atoms with Crippen molar-refractivity contribution in [3.05, 3.63) is 53.6 Å². The van der Waals surface area contributed by atoms with E-state index in [9.17, 15) is 13.2 Å². The van der Waals surface area contributed by atoms with Gasteiger partial charge in [0.25, 0.3) is 5.91 Å². The summed E-state index contributed by atoms with van der Waals surface area (Å²) in [5, 5.41) is 2.78. The number of amides is 1. The van der Waals surface area contributed by atoms with Crippen molar-refractivity contribution in [2.45, 2.75) is 24.7 Å². The van der Waals surface area contributed by atoms with Crippen molar-refractivity contribution in [3.8, 4) is 5.75 Å². The lowest BCUT2D eigenvalue weighted by molar-refractivity contribution is 0.102. The molecule has 6 nitrogen and oxygen atoms in total. The van der Waals surface area contributed by atoms with Crippen LogP contribution in [-0.2, 0) is 10.0 Å². The number of carbonyl (C=O) groups is 1. The molecule has 0 aliphatic heterocycles. The molecule has 0 heterocycles. The molecule has 0 radical (unpaired) electrons. The Morgan fingerprint density at radius 3 is 2.65 bits per heavy atom. The van der Waals surface area contributed by atoms with Crippen LogP contribution in [0.4, 0.5) is 5.69 Å². The Hall–Kier alpha value is -2.38. The Labute approximate surface area is 153 Å². The molecule has 0 unspecified atom stereocenters. The number of anilines is 1. The van der Waals surface area contributed by atoms with Gasteiger partial charge < -0.3 is 10.1 Å². The Morgan fingerprint density at radius 2 is 1.96 bits per heavy atom. The number of hydrogen-bond acceptors (Lipinski definition) is 4. The molecule has 26 heavy (non-hydrogen) atoms. The van der Waals surface area contributed by atoms with E-state index < -0.39 is 15.9 Å². The minimum Gasteiger partial charge on any atom is -0.495 e. The molecule has 2 aromatic rings. The van der Waals surface area contributed by atoms with Gasteiger partial charge in [0.05, 0.1) is 17.7 Å². The molecule has 0 saturated heterocycles. The molecular formula is C19H22N2O4S. The molecule has 0 atom stereocenters. The van der Waals surface area contributed by atoms with Crippen LogP contribution in [0.1, 0.15) is 28.8 Å². The molecule has 138 valence electrons. The average Bonchev–Trinajstić information content (AvgIpc) is 3.45. The number of carbonyl (C=O) groups excluding carboxylic acids is 1. The van der Waals surface area contributed by atoms with Crippen molar-refractivity contribution in [1.29, 1.82) is 0 Å². The van der Waals surface area contributed by atoms with Gasteiger partial charge in [-0.15, -0.1) is 0 Å². The largest absolute Gasteiger partial charge is 0.495 e. The molecule has 2 aromatic carbocycles. The zero-order chi connectivity index (χ0) is 18.7. The van der Waals surface area contributed by atoms with Crippen LogP contribution in [0.3, 0.4) is 0 Å². The van der Waals surface area contributed by atoms with Crippen molar-refractivity contribution in [2.75, 3.05) is 19.0 Å². The molecular weight excluding hydrogens is 352 g/mol. The zero-order valence-electron chi connectivity index (χ0n) is 14.8. The second kappa shape index (κ2) is 7.47. The maximum Gasteiger partial charge on any atom is 0.255 e. The van der Waals surface area contributed by atoms with E-state index in [0.717, 1.165) is 18.4 Å². The van der Waals surface area contributed by atoms with Gasteiger partial charge in [-0.2, -0.15) is 0 Å². The molecule has 7 heteroatoms. The van der Waals surface area contributed by atoms with E-state index in [2.05, 4.69) is 10.0 Å². The lowest BCUT2D eigenvalue weighted by Gasteiger charge is -2.12. The van der Waals surface area contributed by atoms with Crippen molar-refractivity contribution < 1.29 is 17.9 Å². The molecule has 0 spiro atoms. The Balaban J connectivity index is 1.79. The minimum atomic E-state index is -3.62. The van der Waals surface area contributed by atoms with Gasteiger partial charge >= 0.3 is 0 Å². The Bertz CT molecular complexity index is 921. The van der Waals surface area contributed by atoms with Crippen LogP contribution in [0, 0.1) is 12.8 Å². The summed E-state index contributed by atoms with van der Waals surface area (Å²) in [6.45, 7) is 2.35. The lowest BCUT2D eigenvalue weighted by Crippen LogP contribution is -2.26. The van der Waals surface area contributed by atoms with Crippen molar-refractivity contribution in [3.63, 3.8) is 0 Å². The Kier molecular flexibility index (Phi) is 5.29. The van der Waals surface area contributed by atoms with Crippen molar-refractivity contribution in [2.24, 2.45) is 5.92 Å². The van der Waals surface area contributed by atoms with Crippen molar-refractivity contribution in [1.82, 2.24) is 4.72 Å². The van der Waals surface area contributed by atoms with Gasteiger partial charge in [0.1, 0.15) is 5.75 Å². The fourth-order valence-electron chi connectivity index (χ4n) is 2.55. The number of hydrogen-bond donors (Lipinski definition) is 2. The number of sulfonamides is 1. The van der Waals surface area contributed by atoms with Gasteiger partial charge in [0.15, 0.2) is 0 Å². The standard InChI is InChI=1S/C19H22N2O4S/c1-13-6-9-18(25-2)17(10-13)21-19(22)15-4-3-5-16(11-15)26(23,24)20-12-14-7-8-14/h3-6,9-11,14,20H,7-8,12H2,1-2H3,(H,21,22). The van der Waals surface area contributed by atoms with Crippen LogP contribution >= 0.6 is 0 Å². The van der Waals surface area contributed by atoms with Crippen LogP contribution in [0.15, 0.2) is 47.4 Å². The number of ether oxygens (including phenoxy) is 1. The molecule has 1 fully saturated rings. The highest BCUT2D eigenvalue weighted by molar-refractivity contribution is 7.89. The minimum absolute atomic E-state index is 0.0852. The van der Waals surface area contributed by atoms with E-state index >= 15 is 0 Å². The van der Waals surface area contributed by atoms with Gasteiger partial charge in [-0.25, -0.2) is 13.1 Å². The Morgan fingerprint density at radius 1 is 1.19 bits per heavy atom. The number of aryl methyl sites for hydroxylation is 1. The number of methoxy groups -OCH3 is 1. The lowest BCUT2D eigenvalue weighted by atomic mass is 10.1. The highest BCUT2D eigenvalue weighted by Gasteiger charge is 2.24. The smallest absolute Gasteiger partial charge is 0.255 e. The van der Waals surface area contributed by atoms with Crippen LogP contribution in [-0.4, -0.2) is 28.0 Å². The summed E-state index contributed by atoms with van der Waals surface area (Å²) in [6, 6.07) is 11.5. The van der Waals surface area contributed by atoms with E-state index in [1.807, 2.05) is 13.0 Å². The van der Waals surface area contributed by atoms with Crippen LogP contribution < -0.4 is 14.8 Å². The quantitative estimate of drug-likeness (QED) is 0.780. The van der Waals surface area contributed by atoms with Gasteiger partial charge in [-0.05, 0) is 61.6 Å². The fraction of sp³-hybridized carbons (Fsp3) is 0.316. The first-order valence-corrected chi connectivity index (χ1v) is 9.93. The second-order valence-electron chi connectivity index (χ2n) is 6.48. The number of nitrogens with one attached hydrogen (secondary N) is 2. The monoisotopic (exact) mass is 374 g/mol. The predicted molar refractivity (Wildman–Crippen MR) is 100 cm³/mol. The second-order valence-corrected chi connectivity index (χ2v) is 8.25. The summed E-state index contributed by atoms with van der Waals surface area (Å²) in [5.74, 6) is 0.581. The van der Waals surface area contributed by atoms with Gasteiger partial charge in [0, 0.05) is 12.1 Å². The number of benzene rings is 2. The maximum atomic E-state index is 12.6. The fourth-order valence-corrected chi connectivity index (χ4v) is 3.71. The van der Waals surface area contributed by atoms with E-state index in [4.69, 9.17) is 4.74 Å². The van der Waals surface area contributed by atoms with E-state index in [1.54, 1.807) is 24.3 Å². The molecule has 0 bridgehead atoms. The average molecular weight is 374 g/mol. The summed E-state index contributed by atoms with van der Waals surface area (Å²) < 4.78 is 32.6. The highest BCUT2D eigenvalue weighted by Crippen LogP contribution is 2.28. The molecule has 2 N–H and O–H groups in total. The van der Waals surface area contributed by atoms with Gasteiger partial charge in [0.2, 0.25) is 10.0 Å². The normalized spacial score (nSPS) is 14.1. The van der Waals surface area contributed by atoms with E-state index in [1.165, 1.54) is 19.2 Å². The molecule has 1 aliphatic rings. The first-order valence-electron chi connectivity index (χ1n) is 8.45. The predicted octanol–water partition coefficient (Wildman–Crippen LogP) is 2.94. The third-order valence-corrected chi connectivity index (χ3v) is 5.69. The van der Waals surface area contributed by atoms with Crippen molar-refractivity contribution >= 4 is 21.6 Å². The summed E-state index contributed by atoms with van der Waals surface area (Å²) in [4.78, 5) is 12.7.